The molecular weight excluding hydrogens is 575 g/mol. The molecule has 9 nitrogen and oxygen atoms in total. The molecule has 2 aliphatic rings. The molecule has 41 heavy (non-hydrogen) atoms. The third kappa shape index (κ3) is 4.26. The largest absolute Gasteiger partial charge is 0.423 e. The number of hydrogen-bond donors (Lipinski definition) is 3. The van der Waals surface area contributed by atoms with Crippen molar-refractivity contribution in [2.45, 2.75) is 17.8 Å². The van der Waals surface area contributed by atoms with Crippen LogP contribution in [0.5, 0.6) is 0 Å². The van der Waals surface area contributed by atoms with Crippen LogP contribution in [0.25, 0.3) is 5.69 Å². The Bertz CT molecular complexity index is 1730. The Morgan fingerprint density at radius 1 is 1.12 bits per heavy atom. The van der Waals surface area contributed by atoms with E-state index in [0.717, 1.165) is 24.3 Å². The Morgan fingerprint density at radius 2 is 1.85 bits per heavy atom. The number of β-amino-alcohol motifs (C(OH)–C–C–N with tert-alkyl or cyclic N) is 1. The maximum atomic E-state index is 14.2. The van der Waals surface area contributed by atoms with Gasteiger partial charge in [-0.1, -0.05) is 16.8 Å². The van der Waals surface area contributed by atoms with Gasteiger partial charge in [0.15, 0.2) is 0 Å². The van der Waals surface area contributed by atoms with Gasteiger partial charge in [-0.15, -0.1) is 5.10 Å². The number of fused-ring (bicyclic) bond motifs is 2. The zero-order valence-corrected chi connectivity index (χ0v) is 21.1. The van der Waals surface area contributed by atoms with E-state index in [-0.39, 0.29) is 38.8 Å². The van der Waals surface area contributed by atoms with Crippen LogP contribution in [0.15, 0.2) is 60.9 Å². The number of carbonyl (C=O) groups excluding carboxylic acids is 2. The van der Waals surface area contributed by atoms with Crippen molar-refractivity contribution in [3.8, 4) is 5.69 Å². The van der Waals surface area contributed by atoms with Gasteiger partial charge in [0.25, 0.3) is 5.91 Å². The highest BCUT2D eigenvalue weighted by atomic mass is 35.5. The number of carbonyl (C=O) groups is 2. The van der Waals surface area contributed by atoms with Crippen molar-refractivity contribution < 1.29 is 36.6 Å². The fourth-order valence-electron chi connectivity index (χ4n) is 5.05. The first-order valence-corrected chi connectivity index (χ1v) is 12.2. The number of urea groups is 1. The highest BCUT2D eigenvalue weighted by Crippen LogP contribution is 2.49. The van der Waals surface area contributed by atoms with Crippen LogP contribution in [0.4, 0.5) is 38.1 Å². The molecule has 1 aromatic heterocycles. The summed E-state index contributed by atoms with van der Waals surface area (Å²) in [5, 5.41) is 23.4. The first-order chi connectivity index (χ1) is 19.4. The summed E-state index contributed by atoms with van der Waals surface area (Å²) in [5.41, 5.74) is -4.16. The molecule has 0 unspecified atom stereocenters. The number of nitrogens with one attached hydrogen (secondary N) is 2. The number of amides is 3. The molecule has 210 valence electrons. The van der Waals surface area contributed by atoms with E-state index in [9.17, 15) is 36.6 Å². The van der Waals surface area contributed by atoms with Crippen LogP contribution in [0.3, 0.4) is 0 Å². The fraction of sp³-hybridized carbons (Fsp3) is 0.154. The Kier molecular flexibility index (Phi) is 6.01. The lowest BCUT2D eigenvalue weighted by atomic mass is 9.95. The van der Waals surface area contributed by atoms with Crippen LogP contribution in [-0.4, -0.2) is 44.8 Å². The molecule has 0 bridgehead atoms. The minimum absolute atomic E-state index is 0.0483. The number of hydrogen-bond acceptors (Lipinski definition) is 5. The smallest absolute Gasteiger partial charge is 0.375 e. The number of alkyl halides is 3. The average molecular weight is 591 g/mol. The molecule has 0 saturated heterocycles. The lowest BCUT2D eigenvalue weighted by molar-refractivity contribution is -0.258. The van der Waals surface area contributed by atoms with E-state index in [4.69, 9.17) is 11.6 Å². The zero-order chi connectivity index (χ0) is 29.3. The number of anilines is 2. The number of benzene rings is 3. The van der Waals surface area contributed by atoms with E-state index in [2.05, 4.69) is 20.9 Å². The van der Waals surface area contributed by atoms with Crippen LogP contribution < -0.4 is 15.5 Å². The van der Waals surface area contributed by atoms with Gasteiger partial charge in [-0.05, 0) is 48.5 Å². The summed E-state index contributed by atoms with van der Waals surface area (Å²) in [5.74, 6) is -2.29. The Labute approximate surface area is 232 Å². The highest BCUT2D eigenvalue weighted by Gasteiger charge is 2.61. The summed E-state index contributed by atoms with van der Waals surface area (Å²) >= 11 is 6.31. The lowest BCUT2D eigenvalue weighted by Crippen LogP contribution is -2.48. The molecule has 3 N–H and O–H groups in total. The minimum atomic E-state index is -5.24. The molecule has 0 spiro atoms. The zero-order valence-electron chi connectivity index (χ0n) is 20.4. The van der Waals surface area contributed by atoms with E-state index >= 15 is 0 Å². The van der Waals surface area contributed by atoms with E-state index in [1.165, 1.54) is 35.3 Å². The second-order valence-electron chi connectivity index (χ2n) is 9.41. The van der Waals surface area contributed by atoms with Gasteiger partial charge in [0.2, 0.25) is 5.60 Å². The van der Waals surface area contributed by atoms with E-state index in [1.54, 1.807) is 0 Å². The molecule has 2 aliphatic heterocycles. The number of aromatic nitrogens is 3. The molecule has 3 heterocycles. The summed E-state index contributed by atoms with van der Waals surface area (Å²) in [6, 6.07) is 6.50. The van der Waals surface area contributed by atoms with Crippen LogP contribution in [0.2, 0.25) is 5.02 Å². The second-order valence-corrected chi connectivity index (χ2v) is 9.82. The van der Waals surface area contributed by atoms with Gasteiger partial charge in [-0.2, -0.15) is 13.2 Å². The van der Waals surface area contributed by atoms with Crippen LogP contribution in [0, 0.1) is 11.6 Å². The van der Waals surface area contributed by atoms with Gasteiger partial charge >= 0.3 is 12.2 Å². The average Bonchev–Trinajstić information content (AvgIpc) is 3.63. The van der Waals surface area contributed by atoms with Gasteiger partial charge in [-0.25, -0.2) is 18.3 Å². The summed E-state index contributed by atoms with van der Waals surface area (Å²) in [6.07, 6.45) is -2.43. The fourth-order valence-corrected chi connectivity index (χ4v) is 5.28. The summed E-state index contributed by atoms with van der Waals surface area (Å²) < 4.78 is 71.1. The van der Waals surface area contributed by atoms with Crippen molar-refractivity contribution in [3.63, 3.8) is 0 Å². The first-order valence-electron chi connectivity index (χ1n) is 11.9. The third-order valence-corrected chi connectivity index (χ3v) is 7.31. The Balaban J connectivity index is 1.47. The SMILES string of the molecule is O=C1N[C@@H](c2cc(F)ccc2Cl)c2c(NC(=O)N3C[C@@](O)(C(F)(F)F)c4cc(F)ccc43)cc(-n3ccnn3)cc21. The molecule has 0 radical (unpaired) electrons. The molecular formula is C26H16ClF5N6O3. The van der Waals surface area contributed by atoms with Gasteiger partial charge in [0, 0.05) is 27.3 Å². The van der Waals surface area contributed by atoms with Crippen LogP contribution in [-0.2, 0) is 5.60 Å². The topological polar surface area (TPSA) is 112 Å². The predicted molar refractivity (Wildman–Crippen MR) is 135 cm³/mol. The third-order valence-electron chi connectivity index (χ3n) is 6.97. The summed E-state index contributed by atoms with van der Waals surface area (Å²) in [6.45, 7) is -1.26. The monoisotopic (exact) mass is 590 g/mol. The van der Waals surface area contributed by atoms with Gasteiger partial charge in [0.05, 0.1) is 42.0 Å². The normalized spacial score (nSPS) is 19.6. The van der Waals surface area contributed by atoms with Crippen LogP contribution in [0.1, 0.15) is 33.1 Å². The molecule has 3 amide bonds. The maximum Gasteiger partial charge on any atom is 0.423 e. The second kappa shape index (κ2) is 9.24. The molecule has 0 saturated carbocycles. The van der Waals surface area contributed by atoms with Crippen molar-refractivity contribution in [2.75, 3.05) is 16.8 Å². The molecule has 3 aromatic carbocycles. The highest BCUT2D eigenvalue weighted by molar-refractivity contribution is 6.31. The quantitative estimate of drug-likeness (QED) is 0.296. The van der Waals surface area contributed by atoms with E-state index in [0.29, 0.717) is 11.0 Å². The summed E-state index contributed by atoms with van der Waals surface area (Å²) in [4.78, 5) is 27.2. The lowest BCUT2D eigenvalue weighted by Gasteiger charge is -2.27. The van der Waals surface area contributed by atoms with Gasteiger partial charge in [-0.3, -0.25) is 9.69 Å². The standard InChI is InChI=1S/C26H16ClF5N6O3/c27-18-3-1-12(28)7-15(18)22-21-16(23(39)35-22)9-14(38-6-5-33-36-38)10-19(21)34-24(40)37-11-25(41,26(30,31)32)17-8-13(29)2-4-20(17)37/h1-10,22,41H,11H2,(H,34,40)(H,35,39)/t22-,25-/m0/s1. The molecule has 0 aliphatic carbocycles. The van der Waals surface area contributed by atoms with E-state index in [1.807, 2.05) is 0 Å². The Morgan fingerprint density at radius 3 is 2.56 bits per heavy atom. The van der Waals surface area contributed by atoms with E-state index < -0.39 is 53.5 Å². The molecule has 15 heteroatoms. The number of rotatable bonds is 3. The van der Waals surface area contributed by atoms with Gasteiger partial charge < -0.3 is 15.7 Å². The number of nitrogens with zero attached hydrogens (tertiary/aromatic N) is 4. The predicted octanol–water partition coefficient (Wildman–Crippen LogP) is 4.83. The number of halogens is 6. The van der Waals surface area contributed by atoms with Crippen LogP contribution >= 0.6 is 11.6 Å². The van der Waals surface area contributed by atoms with Crippen molar-refractivity contribution in [1.29, 1.82) is 0 Å². The molecule has 0 fully saturated rings. The molecule has 4 aromatic rings. The van der Waals surface area contributed by atoms with Crippen molar-refractivity contribution in [2.24, 2.45) is 0 Å². The van der Waals surface area contributed by atoms with Crippen molar-refractivity contribution >= 4 is 34.9 Å². The maximum absolute atomic E-state index is 14.2. The van der Waals surface area contributed by atoms with Gasteiger partial charge in [0.1, 0.15) is 11.6 Å². The first kappa shape index (κ1) is 26.7. The Hall–Kier alpha value is -4.56. The number of aliphatic hydroxyl groups is 1. The minimum Gasteiger partial charge on any atom is -0.375 e. The molecule has 2 atom stereocenters. The van der Waals surface area contributed by atoms with Crippen molar-refractivity contribution in [3.05, 3.63) is 99.8 Å². The summed E-state index contributed by atoms with van der Waals surface area (Å²) in [7, 11) is 0. The molecule has 6 rings (SSSR count). The van der Waals surface area contributed by atoms with Crippen molar-refractivity contribution in [1.82, 2.24) is 20.3 Å².